The van der Waals surface area contributed by atoms with Gasteiger partial charge in [0.05, 0.1) is 0 Å². The molecule has 0 amide bonds. The van der Waals surface area contributed by atoms with Gasteiger partial charge in [-0.05, 0) is 12.8 Å². The van der Waals surface area contributed by atoms with Crippen molar-refractivity contribution in [3.8, 4) is 0 Å². The maximum atomic E-state index is 10.5. The van der Waals surface area contributed by atoms with Gasteiger partial charge in [0.25, 0.3) is 0 Å². The molecule has 0 N–H and O–H groups in total. The maximum Gasteiger partial charge on any atom is 0.348 e. The lowest BCUT2D eigenvalue weighted by molar-refractivity contribution is -0.128. The fraction of sp³-hybridized carbons (Fsp3) is 0.700. The molecule has 0 aliphatic heterocycles. The lowest BCUT2D eigenvalue weighted by Gasteiger charge is -1.95. The van der Waals surface area contributed by atoms with Crippen LogP contribution in [0.5, 0.6) is 0 Å². The minimum atomic E-state index is -0.491. The first-order chi connectivity index (χ1) is 6.31. The molecule has 13 heavy (non-hydrogen) atoms. The van der Waals surface area contributed by atoms with Gasteiger partial charge in [-0.2, -0.15) is 0 Å². The van der Waals surface area contributed by atoms with Crippen molar-refractivity contribution in [3.63, 3.8) is 0 Å². The van der Waals surface area contributed by atoms with Crippen LogP contribution in [-0.4, -0.2) is 5.97 Å². The Kier molecular flexibility index (Phi) is 9.22. The van der Waals surface area contributed by atoms with Crippen LogP contribution in [0.3, 0.4) is 0 Å². The second-order valence-corrected chi connectivity index (χ2v) is 3.16. The summed E-state index contributed by atoms with van der Waals surface area (Å²) in [6.45, 7) is 2.19. The number of allylic oxidation sites excluding steroid dienone is 1. The maximum absolute atomic E-state index is 10.5. The predicted octanol–water partition coefficient (Wildman–Crippen LogP) is 3.60. The van der Waals surface area contributed by atoms with Crippen molar-refractivity contribution < 1.29 is 9.08 Å². The topological polar surface area (TPSA) is 26.3 Å². The van der Waals surface area contributed by atoms with Crippen LogP contribution in [0, 0.1) is 0 Å². The quantitative estimate of drug-likeness (QED) is 0.468. The molecule has 0 aromatic carbocycles. The smallest absolute Gasteiger partial charge is 0.344 e. The molecule has 0 rings (SSSR count). The third-order valence-electron chi connectivity index (χ3n) is 1.80. The molecule has 0 aromatic heterocycles. The molecule has 0 radical (unpaired) electrons. The summed E-state index contributed by atoms with van der Waals surface area (Å²) in [7, 11) is 0. The van der Waals surface area contributed by atoms with Crippen molar-refractivity contribution in [2.45, 2.75) is 45.4 Å². The summed E-state index contributed by atoms with van der Waals surface area (Å²) in [6, 6.07) is 0. The Hall–Kier alpha value is -0.500. The van der Waals surface area contributed by atoms with E-state index in [9.17, 15) is 4.79 Å². The summed E-state index contributed by atoms with van der Waals surface area (Å²) in [6.07, 6.45) is 10.3. The van der Waals surface area contributed by atoms with E-state index >= 15 is 0 Å². The molecule has 0 atom stereocenters. The predicted molar refractivity (Wildman–Crippen MR) is 54.5 cm³/mol. The zero-order valence-electron chi connectivity index (χ0n) is 8.09. The third kappa shape index (κ3) is 9.41. The number of halogens is 1. The molecule has 0 aliphatic rings. The van der Waals surface area contributed by atoms with Gasteiger partial charge in [-0.15, -0.1) is 0 Å². The van der Waals surface area contributed by atoms with Gasteiger partial charge in [0, 0.05) is 6.08 Å². The Labute approximate surface area is 85.1 Å². The molecular weight excluding hydrogens is 188 g/mol. The van der Waals surface area contributed by atoms with E-state index in [1.165, 1.54) is 31.8 Å². The van der Waals surface area contributed by atoms with Crippen LogP contribution in [0.25, 0.3) is 0 Å². The summed E-state index contributed by atoms with van der Waals surface area (Å²) in [5.41, 5.74) is 0. The summed E-state index contributed by atoms with van der Waals surface area (Å²) in [5.74, 6) is -0.491. The second-order valence-electron chi connectivity index (χ2n) is 3.00. The number of hydrogen-bond acceptors (Lipinski definition) is 2. The summed E-state index contributed by atoms with van der Waals surface area (Å²) in [5, 5.41) is 0. The molecular formula is C10H17ClO2. The van der Waals surface area contributed by atoms with Gasteiger partial charge in [-0.1, -0.05) is 38.7 Å². The van der Waals surface area contributed by atoms with Gasteiger partial charge >= 0.3 is 5.97 Å². The number of carbonyl (C=O) groups excluding carboxylic acids is 1. The Morgan fingerprint density at radius 3 is 2.62 bits per heavy atom. The van der Waals surface area contributed by atoms with E-state index in [0.717, 1.165) is 12.8 Å². The Balaban J connectivity index is 3.15. The van der Waals surface area contributed by atoms with E-state index in [2.05, 4.69) is 11.2 Å². The Morgan fingerprint density at radius 1 is 1.31 bits per heavy atom. The normalized spacial score (nSPS) is 10.6. The minimum Gasteiger partial charge on any atom is -0.344 e. The van der Waals surface area contributed by atoms with Crippen molar-refractivity contribution >= 4 is 17.8 Å². The molecule has 0 saturated heterocycles. The number of carbonyl (C=O) groups is 1. The first-order valence-corrected chi connectivity index (χ1v) is 5.11. The van der Waals surface area contributed by atoms with E-state index in [4.69, 9.17) is 11.9 Å². The van der Waals surface area contributed by atoms with E-state index in [0.29, 0.717) is 0 Å². The minimum absolute atomic E-state index is 0.491. The van der Waals surface area contributed by atoms with Crippen LogP contribution in [0.1, 0.15) is 45.4 Å². The monoisotopic (exact) mass is 204 g/mol. The molecule has 0 spiro atoms. The molecule has 0 aliphatic carbocycles. The highest BCUT2D eigenvalue weighted by atomic mass is 35.5. The van der Waals surface area contributed by atoms with Gasteiger partial charge in [-0.25, -0.2) is 4.79 Å². The highest BCUT2D eigenvalue weighted by Gasteiger charge is 1.91. The molecule has 3 heteroatoms. The molecule has 0 fully saturated rings. The largest absolute Gasteiger partial charge is 0.348 e. The first kappa shape index (κ1) is 12.5. The van der Waals surface area contributed by atoms with Gasteiger partial charge in [0.1, 0.15) is 11.9 Å². The van der Waals surface area contributed by atoms with E-state index in [-0.39, 0.29) is 0 Å². The second kappa shape index (κ2) is 9.59. The van der Waals surface area contributed by atoms with Gasteiger partial charge in [0.2, 0.25) is 0 Å². The average molecular weight is 205 g/mol. The SMILES string of the molecule is CCCCCCC/C=C/C(=O)OCl. The average Bonchev–Trinajstić information content (AvgIpc) is 2.16. The molecule has 0 heterocycles. The van der Waals surface area contributed by atoms with Crippen molar-refractivity contribution in [3.05, 3.63) is 12.2 Å². The van der Waals surface area contributed by atoms with Crippen molar-refractivity contribution in [1.29, 1.82) is 0 Å². The highest BCUT2D eigenvalue weighted by molar-refractivity contribution is 6.14. The number of unbranched alkanes of at least 4 members (excludes halogenated alkanes) is 5. The number of rotatable bonds is 7. The molecule has 0 saturated carbocycles. The molecule has 0 unspecified atom stereocenters. The fourth-order valence-electron chi connectivity index (χ4n) is 1.07. The molecule has 2 nitrogen and oxygen atoms in total. The zero-order valence-corrected chi connectivity index (χ0v) is 8.85. The highest BCUT2D eigenvalue weighted by Crippen LogP contribution is 2.05. The van der Waals surface area contributed by atoms with Crippen LogP contribution in [0.4, 0.5) is 0 Å². The lowest BCUT2D eigenvalue weighted by atomic mass is 10.1. The van der Waals surface area contributed by atoms with Crippen molar-refractivity contribution in [1.82, 2.24) is 0 Å². The van der Waals surface area contributed by atoms with Crippen LogP contribution < -0.4 is 0 Å². The van der Waals surface area contributed by atoms with E-state index in [1.807, 2.05) is 0 Å². The van der Waals surface area contributed by atoms with Crippen LogP contribution in [-0.2, 0) is 9.08 Å². The Morgan fingerprint density at radius 2 is 2.00 bits per heavy atom. The first-order valence-electron chi connectivity index (χ1n) is 4.80. The van der Waals surface area contributed by atoms with E-state index in [1.54, 1.807) is 6.08 Å². The molecule has 0 aromatic rings. The lowest BCUT2D eigenvalue weighted by Crippen LogP contribution is -1.88. The fourth-order valence-corrected chi connectivity index (χ4v) is 1.12. The van der Waals surface area contributed by atoms with Crippen LogP contribution >= 0.6 is 11.9 Å². The van der Waals surface area contributed by atoms with Crippen molar-refractivity contribution in [2.75, 3.05) is 0 Å². The van der Waals surface area contributed by atoms with Gasteiger partial charge < -0.3 is 4.29 Å². The number of hydrogen-bond donors (Lipinski definition) is 0. The Bertz CT molecular complexity index is 155. The van der Waals surface area contributed by atoms with Gasteiger partial charge in [0.15, 0.2) is 0 Å². The molecule has 76 valence electrons. The summed E-state index contributed by atoms with van der Waals surface area (Å²) >= 11 is 4.83. The van der Waals surface area contributed by atoms with Crippen LogP contribution in [0.15, 0.2) is 12.2 Å². The van der Waals surface area contributed by atoms with Crippen molar-refractivity contribution in [2.24, 2.45) is 0 Å². The van der Waals surface area contributed by atoms with Crippen LogP contribution in [0.2, 0.25) is 0 Å². The standard InChI is InChI=1S/C10H17ClO2/c1-2-3-4-5-6-7-8-9-10(12)13-11/h8-9H,2-7H2,1H3/b9-8+. The summed E-state index contributed by atoms with van der Waals surface area (Å²) < 4.78 is 3.94. The third-order valence-corrected chi connectivity index (χ3v) is 1.96. The van der Waals surface area contributed by atoms with E-state index < -0.39 is 5.97 Å². The molecule has 0 bridgehead atoms. The van der Waals surface area contributed by atoms with Gasteiger partial charge in [-0.3, -0.25) is 0 Å². The zero-order chi connectivity index (χ0) is 9.94. The summed E-state index contributed by atoms with van der Waals surface area (Å²) in [4.78, 5) is 10.5.